The van der Waals surface area contributed by atoms with Crippen LogP contribution in [0.2, 0.25) is 0 Å². The highest BCUT2D eigenvalue weighted by Crippen LogP contribution is 3.04. The van der Waals surface area contributed by atoms with Crippen molar-refractivity contribution in [2.24, 2.45) is 0 Å². The molecule has 0 bridgehead atoms. The number of hydrogen-bond donors (Lipinski definition) is 0. The van der Waals surface area contributed by atoms with Crippen molar-refractivity contribution in [1.29, 1.82) is 0 Å². The predicted octanol–water partition coefficient (Wildman–Crippen LogP) is 21.9. The summed E-state index contributed by atoms with van der Waals surface area (Å²) in [6.07, 6.45) is 0. The molecule has 0 aliphatic carbocycles. The van der Waals surface area contributed by atoms with Crippen LogP contribution >= 0.6 is 376 Å². The second-order valence-electron chi connectivity index (χ2n) is 5.02. The summed E-state index contributed by atoms with van der Waals surface area (Å²) < 4.78 is 0. The van der Waals surface area contributed by atoms with Gasteiger partial charge in [0.1, 0.15) is 0 Å². The summed E-state index contributed by atoms with van der Waals surface area (Å²) in [5.74, 6) is 0. The Labute approximate surface area is 370 Å². The van der Waals surface area contributed by atoms with Gasteiger partial charge < -0.3 is 0 Å². The molecular weight excluding hydrogens is 1390 g/mol. The summed E-state index contributed by atoms with van der Waals surface area (Å²) in [7, 11) is 81.5. The molecule has 0 aromatic heterocycles. The third-order valence-electron chi connectivity index (χ3n) is 1.82. The summed E-state index contributed by atoms with van der Waals surface area (Å²) in [6, 6.07) is 0. The van der Waals surface area contributed by atoms with Crippen molar-refractivity contribution in [3.63, 3.8) is 0 Å². The molecule has 0 saturated carbocycles. The van der Waals surface area contributed by atoms with Crippen LogP contribution in [0.25, 0.3) is 0 Å². The van der Waals surface area contributed by atoms with Crippen molar-refractivity contribution < 1.29 is 0 Å². The molecule has 33 unspecified atom stereocenters. The summed E-state index contributed by atoms with van der Waals surface area (Å²) in [6.45, 7) is 2.27. The zero-order chi connectivity index (χ0) is 37.8. The molecular formula is H63P45. The van der Waals surface area contributed by atoms with E-state index in [0.717, 1.165) is 31.8 Å². The molecule has 33 atom stereocenters. The Morgan fingerprint density at radius 1 is 0.333 bits per heavy atom. The molecule has 0 amide bonds. The van der Waals surface area contributed by atoms with Gasteiger partial charge in [-0.2, -0.15) is 9.90 Å². The molecule has 45 heavy (non-hydrogen) atoms. The Bertz CT molecular complexity index is 383. The van der Waals surface area contributed by atoms with Gasteiger partial charge in [-0.3, -0.25) is 0 Å². The van der Waals surface area contributed by atoms with Crippen LogP contribution in [0.5, 0.6) is 0 Å². The first-order valence-corrected chi connectivity index (χ1v) is 81.6. The van der Waals surface area contributed by atoms with Gasteiger partial charge in [0.15, 0.2) is 0 Å². The summed E-state index contributed by atoms with van der Waals surface area (Å²) in [5.41, 5.74) is 0. The lowest BCUT2D eigenvalue weighted by atomic mass is 28.8. The van der Waals surface area contributed by atoms with Gasteiger partial charge in [-0.1, -0.05) is 31.8 Å². The molecule has 0 heterocycles. The molecule has 0 aliphatic heterocycles. The van der Waals surface area contributed by atoms with Crippen LogP contribution in [-0.2, 0) is 0 Å². The maximum atomic E-state index is 2.93. The van der Waals surface area contributed by atoms with Crippen molar-refractivity contribution in [3.05, 3.63) is 0 Å². The van der Waals surface area contributed by atoms with Gasteiger partial charge in [0, 0.05) is 0 Å². The van der Waals surface area contributed by atoms with Gasteiger partial charge >= 0.3 is 0 Å². The highest BCUT2D eigenvalue weighted by atomic mass is 33.2. The fourth-order valence-electron chi connectivity index (χ4n) is 0.439. The monoisotopic (exact) mass is 1460 g/mol. The van der Waals surface area contributed by atoms with Crippen LogP contribution in [0.15, 0.2) is 0 Å². The van der Waals surface area contributed by atoms with E-state index < -0.39 is 0 Å². The van der Waals surface area contributed by atoms with Gasteiger partial charge in [0.25, 0.3) is 0 Å². The standard InChI is InChI=1S/H11P9.H10P8.H9P7.H8P6.H7P5.H6P4.H5P3.H4P2.H3P/c1-6-9(7(2)3)8(4)5;1-6(2)8(5)7(3)4;1-5-7(4)6(2)3;1-5(2)6(3)4;1-4-5(2)3;1-4(2)3;1-3-2;1-2;/h6H,1-5H2;1-5H2;5H,1-4H2;1-4H2;4H,1-3H2;1-3H2;3H,1-2H2;1-2H2;1H3. The summed E-state index contributed by atoms with van der Waals surface area (Å²) in [4.78, 5) is 0. The van der Waals surface area contributed by atoms with Gasteiger partial charge in [-0.15, -0.1) is 250 Å². The maximum absolute atomic E-state index is 2.93. The number of hydrogen-bond acceptors (Lipinski definition) is 0. The Morgan fingerprint density at radius 2 is 0.556 bits per heavy atom. The van der Waals surface area contributed by atoms with Gasteiger partial charge in [-0.05, 0) is 83.8 Å². The van der Waals surface area contributed by atoms with Crippen LogP contribution < -0.4 is 0 Å². The SMILES string of the molecule is P.PP.PP(P)P.PP(P)P(P)P.PP(P)P(P)P(P)P.PPP.PPP(P(P)P)P(P)P.PPP(P)P.PPP(P)P(P)P. The van der Waals surface area contributed by atoms with Crippen LogP contribution in [0.1, 0.15) is 0 Å². The van der Waals surface area contributed by atoms with E-state index in [1.54, 1.807) is 0 Å². The van der Waals surface area contributed by atoms with Crippen molar-refractivity contribution >= 4 is 376 Å². The van der Waals surface area contributed by atoms with Gasteiger partial charge in [0.2, 0.25) is 0 Å². The first kappa shape index (κ1) is 84.3. The molecule has 0 rings (SSSR count). The molecule has 0 aliphatic rings. The fraction of sp³-hybridized carbons (Fsp3) is 0. The highest BCUT2D eigenvalue weighted by molar-refractivity contribution is 9.10. The lowest BCUT2D eigenvalue weighted by Crippen LogP contribution is -1.31. The minimum Gasteiger partial charge on any atom is -0.153 e. The molecule has 0 aromatic carbocycles. The minimum atomic E-state index is 0. The summed E-state index contributed by atoms with van der Waals surface area (Å²) in [5, 5.41) is 0. The highest BCUT2D eigenvalue weighted by Gasteiger charge is 2.14. The summed E-state index contributed by atoms with van der Waals surface area (Å²) >= 11 is 0. The van der Waals surface area contributed by atoms with E-state index in [4.69, 9.17) is 0 Å². The average molecular weight is 1460 g/mol. The quantitative estimate of drug-likeness (QED) is 0.202. The number of rotatable bonds is 9. The van der Waals surface area contributed by atoms with E-state index in [9.17, 15) is 0 Å². The molecule has 45 heteroatoms. The fourth-order valence-corrected chi connectivity index (χ4v) is 107. The van der Waals surface area contributed by atoms with Crippen LogP contribution in [0.3, 0.4) is 0 Å². The zero-order valence-electron chi connectivity index (χ0n) is 24.2. The topological polar surface area (TPSA) is 0 Å². The normalized spacial score (nSPS) is 11.5. The van der Waals surface area contributed by atoms with Crippen LogP contribution in [0, 0.1) is 0 Å². The van der Waals surface area contributed by atoms with Crippen molar-refractivity contribution in [1.82, 2.24) is 0 Å². The zero-order valence-corrected chi connectivity index (χ0v) is 72.7. The van der Waals surface area contributed by atoms with E-state index >= 15 is 0 Å². The lowest BCUT2D eigenvalue weighted by molar-refractivity contribution is 4.75. The van der Waals surface area contributed by atoms with E-state index in [2.05, 4.69) is 250 Å². The maximum Gasteiger partial charge on any atom is -0.0145 e. The van der Waals surface area contributed by atoms with E-state index in [-0.39, 0.29) is 86.8 Å². The molecule has 288 valence electrons. The van der Waals surface area contributed by atoms with Crippen molar-refractivity contribution in [2.75, 3.05) is 0 Å². The van der Waals surface area contributed by atoms with Crippen LogP contribution in [0.4, 0.5) is 0 Å². The molecule has 0 nitrogen and oxygen atoms in total. The molecule has 0 spiro atoms. The molecule has 0 aromatic rings. The lowest BCUT2D eigenvalue weighted by Gasteiger charge is -2.22. The second kappa shape index (κ2) is 69.9. The average Bonchev–Trinajstić information content (AvgIpc) is 2.90. The minimum absolute atomic E-state index is 0. The van der Waals surface area contributed by atoms with Gasteiger partial charge in [0.05, 0.1) is 0 Å². The van der Waals surface area contributed by atoms with Gasteiger partial charge in [-0.25, -0.2) is 0 Å². The predicted molar refractivity (Wildman–Crippen MR) is 399 cm³/mol. The van der Waals surface area contributed by atoms with E-state index in [1.165, 1.54) is 0 Å². The second-order valence-corrected chi connectivity index (χ2v) is 136. The Kier molecular flexibility index (Phi) is 131. The van der Waals surface area contributed by atoms with Crippen molar-refractivity contribution in [2.45, 2.75) is 0 Å². The Balaban J connectivity index is -0.0000000484. The first-order chi connectivity index (χ1) is 19.9. The molecule has 0 fully saturated rings. The van der Waals surface area contributed by atoms with Crippen LogP contribution in [-0.4, -0.2) is 0 Å². The third-order valence-corrected chi connectivity index (χ3v) is 148. The Hall–Kier alpha value is 19.3. The molecule has 0 saturated heterocycles. The third kappa shape index (κ3) is 97.9. The van der Waals surface area contributed by atoms with E-state index in [1.807, 2.05) is 0 Å². The molecule has 0 N–H and O–H groups in total. The smallest absolute Gasteiger partial charge is 0.0145 e. The first-order valence-electron chi connectivity index (χ1n) is 9.07. The van der Waals surface area contributed by atoms with Crippen molar-refractivity contribution in [3.8, 4) is 0 Å². The molecule has 0 radical (unpaired) electrons. The largest absolute Gasteiger partial charge is 0.153 e. The van der Waals surface area contributed by atoms with E-state index in [0.29, 0.717) is 6.99 Å². The Morgan fingerprint density at radius 3 is 0.556 bits per heavy atom.